The van der Waals surface area contributed by atoms with Crippen molar-refractivity contribution in [2.45, 2.75) is 25.4 Å². The Bertz CT molecular complexity index is 361. The average Bonchev–Trinajstić information content (AvgIpc) is 3.01. The molecule has 0 atom stereocenters. The summed E-state index contributed by atoms with van der Waals surface area (Å²) in [5, 5.41) is 2.81. The monoisotopic (exact) mass is 231 g/mol. The minimum Gasteiger partial charge on any atom is -0.354 e. The number of alkyl halides is 3. The normalized spacial score (nSPS) is 16.2. The van der Waals surface area contributed by atoms with E-state index in [1.54, 1.807) is 0 Å². The first-order chi connectivity index (χ1) is 7.55. The number of halogens is 3. The quantitative estimate of drug-likeness (QED) is 0.865. The smallest absolute Gasteiger partial charge is 0.354 e. The van der Waals surface area contributed by atoms with Gasteiger partial charge in [-0.2, -0.15) is 13.2 Å². The van der Waals surface area contributed by atoms with Gasteiger partial charge in [0.05, 0.1) is 0 Å². The molecule has 0 radical (unpaired) electrons. The topological polar surface area (TPSA) is 37.8 Å². The van der Waals surface area contributed by atoms with Gasteiger partial charge in [0, 0.05) is 12.7 Å². The molecule has 1 saturated carbocycles. The first-order valence-electron chi connectivity index (χ1n) is 5.20. The molecule has 0 saturated heterocycles. The van der Waals surface area contributed by atoms with E-state index in [1.807, 2.05) is 0 Å². The van der Waals surface area contributed by atoms with Crippen LogP contribution in [0.15, 0.2) is 12.3 Å². The molecule has 2 rings (SSSR count). The van der Waals surface area contributed by atoms with E-state index in [-0.39, 0.29) is 5.95 Å². The molecule has 0 amide bonds. The van der Waals surface area contributed by atoms with Crippen LogP contribution in [0, 0.1) is 5.92 Å². The molecular formula is C10H12F3N3. The minimum atomic E-state index is -4.41. The maximum absolute atomic E-state index is 12.3. The molecule has 6 heteroatoms. The predicted molar refractivity (Wildman–Crippen MR) is 52.9 cm³/mol. The molecule has 88 valence electrons. The Morgan fingerprint density at radius 2 is 2.12 bits per heavy atom. The molecule has 0 bridgehead atoms. The zero-order chi connectivity index (χ0) is 11.6. The van der Waals surface area contributed by atoms with Crippen molar-refractivity contribution in [2.75, 3.05) is 11.9 Å². The van der Waals surface area contributed by atoms with E-state index in [2.05, 4.69) is 15.3 Å². The van der Waals surface area contributed by atoms with Gasteiger partial charge in [0.25, 0.3) is 0 Å². The van der Waals surface area contributed by atoms with Crippen molar-refractivity contribution in [3.63, 3.8) is 0 Å². The number of nitrogens with zero attached hydrogens (tertiary/aromatic N) is 2. The summed E-state index contributed by atoms with van der Waals surface area (Å²) in [6.45, 7) is 0.631. The number of hydrogen-bond donors (Lipinski definition) is 1. The van der Waals surface area contributed by atoms with Crippen LogP contribution >= 0.6 is 0 Å². The third-order valence-electron chi connectivity index (χ3n) is 2.48. The first-order valence-corrected chi connectivity index (χ1v) is 5.20. The van der Waals surface area contributed by atoms with Crippen molar-refractivity contribution in [3.8, 4) is 0 Å². The van der Waals surface area contributed by atoms with E-state index < -0.39 is 11.9 Å². The number of hydrogen-bond acceptors (Lipinski definition) is 3. The van der Waals surface area contributed by atoms with E-state index in [0.717, 1.165) is 24.6 Å². The molecule has 1 N–H and O–H groups in total. The summed E-state index contributed by atoms with van der Waals surface area (Å²) < 4.78 is 36.9. The second-order valence-corrected chi connectivity index (χ2v) is 3.92. The lowest BCUT2D eigenvalue weighted by atomic mass is 10.3. The molecule has 0 aliphatic heterocycles. The van der Waals surface area contributed by atoms with Gasteiger partial charge in [0.2, 0.25) is 5.95 Å². The third kappa shape index (κ3) is 3.08. The number of anilines is 1. The molecule has 1 aromatic rings. The van der Waals surface area contributed by atoms with E-state index in [9.17, 15) is 13.2 Å². The van der Waals surface area contributed by atoms with Gasteiger partial charge >= 0.3 is 6.18 Å². The standard InChI is InChI=1S/C10H12F3N3/c11-10(12,13)8-4-6-15-9(16-8)14-5-3-7-1-2-7/h4,6-7H,1-3,5H2,(H,14,15,16). The maximum Gasteiger partial charge on any atom is 0.433 e. The fraction of sp³-hybridized carbons (Fsp3) is 0.600. The van der Waals surface area contributed by atoms with Crippen LogP contribution in [-0.2, 0) is 6.18 Å². The second-order valence-electron chi connectivity index (χ2n) is 3.92. The SMILES string of the molecule is FC(F)(F)c1ccnc(NCCC2CC2)n1. The molecule has 1 fully saturated rings. The molecule has 0 spiro atoms. The van der Waals surface area contributed by atoms with Crippen molar-refractivity contribution >= 4 is 5.95 Å². The van der Waals surface area contributed by atoms with Crippen LogP contribution in [0.1, 0.15) is 25.0 Å². The molecule has 0 unspecified atom stereocenters. The zero-order valence-corrected chi connectivity index (χ0v) is 8.59. The number of rotatable bonds is 4. The molecule has 1 aliphatic rings. The Morgan fingerprint density at radius 3 is 2.75 bits per heavy atom. The lowest BCUT2D eigenvalue weighted by Crippen LogP contribution is -2.12. The van der Waals surface area contributed by atoms with Gasteiger partial charge in [0.15, 0.2) is 0 Å². The first kappa shape index (κ1) is 11.2. The van der Waals surface area contributed by atoms with Crippen LogP contribution < -0.4 is 5.32 Å². The second kappa shape index (κ2) is 4.27. The minimum absolute atomic E-state index is 0.0514. The van der Waals surface area contributed by atoms with Gasteiger partial charge < -0.3 is 5.32 Å². The van der Waals surface area contributed by atoms with Crippen molar-refractivity contribution < 1.29 is 13.2 Å². The summed E-state index contributed by atoms with van der Waals surface area (Å²) in [5.41, 5.74) is -0.906. The Morgan fingerprint density at radius 1 is 1.38 bits per heavy atom. The van der Waals surface area contributed by atoms with E-state index >= 15 is 0 Å². The highest BCUT2D eigenvalue weighted by Gasteiger charge is 2.32. The van der Waals surface area contributed by atoms with Gasteiger partial charge in [0.1, 0.15) is 5.69 Å². The molecule has 3 nitrogen and oxygen atoms in total. The number of nitrogens with one attached hydrogen (secondary N) is 1. The van der Waals surface area contributed by atoms with Crippen molar-refractivity contribution in [1.82, 2.24) is 9.97 Å². The van der Waals surface area contributed by atoms with Crippen LogP contribution in [-0.4, -0.2) is 16.5 Å². The van der Waals surface area contributed by atoms with Crippen LogP contribution in [0.5, 0.6) is 0 Å². The van der Waals surface area contributed by atoms with Gasteiger partial charge in [-0.1, -0.05) is 12.8 Å². The Balaban J connectivity index is 1.92. The van der Waals surface area contributed by atoms with E-state index in [0.29, 0.717) is 6.54 Å². The summed E-state index contributed by atoms with van der Waals surface area (Å²) in [7, 11) is 0. The summed E-state index contributed by atoms with van der Waals surface area (Å²) in [6, 6.07) is 0.867. The maximum atomic E-state index is 12.3. The number of aromatic nitrogens is 2. The molecule has 1 aliphatic carbocycles. The van der Waals surface area contributed by atoms with Crippen LogP contribution in [0.2, 0.25) is 0 Å². The lowest BCUT2D eigenvalue weighted by molar-refractivity contribution is -0.141. The third-order valence-corrected chi connectivity index (χ3v) is 2.48. The van der Waals surface area contributed by atoms with Crippen molar-refractivity contribution in [2.24, 2.45) is 5.92 Å². The summed E-state index contributed by atoms with van der Waals surface area (Å²) >= 11 is 0. The zero-order valence-electron chi connectivity index (χ0n) is 8.59. The highest BCUT2D eigenvalue weighted by molar-refractivity contribution is 5.25. The fourth-order valence-electron chi connectivity index (χ4n) is 1.40. The Hall–Kier alpha value is -1.33. The van der Waals surface area contributed by atoms with Crippen LogP contribution in [0.25, 0.3) is 0 Å². The largest absolute Gasteiger partial charge is 0.433 e. The Kier molecular flexibility index (Phi) is 2.98. The van der Waals surface area contributed by atoms with Crippen molar-refractivity contribution in [3.05, 3.63) is 18.0 Å². The van der Waals surface area contributed by atoms with Gasteiger partial charge in [-0.15, -0.1) is 0 Å². The fourth-order valence-corrected chi connectivity index (χ4v) is 1.40. The molecular weight excluding hydrogens is 219 g/mol. The van der Waals surface area contributed by atoms with Gasteiger partial charge in [-0.05, 0) is 18.4 Å². The molecule has 0 aromatic carbocycles. The summed E-state index contributed by atoms with van der Waals surface area (Å²) in [6.07, 6.45) is 0.140. The van der Waals surface area contributed by atoms with Gasteiger partial charge in [-0.3, -0.25) is 0 Å². The average molecular weight is 231 g/mol. The highest BCUT2D eigenvalue weighted by atomic mass is 19.4. The molecule has 1 aromatic heterocycles. The molecule has 1 heterocycles. The van der Waals surface area contributed by atoms with Crippen molar-refractivity contribution in [1.29, 1.82) is 0 Å². The van der Waals surface area contributed by atoms with E-state index in [1.165, 1.54) is 12.8 Å². The van der Waals surface area contributed by atoms with Crippen LogP contribution in [0.3, 0.4) is 0 Å². The molecule has 16 heavy (non-hydrogen) atoms. The Labute approximate surface area is 91.1 Å². The van der Waals surface area contributed by atoms with Gasteiger partial charge in [-0.25, -0.2) is 9.97 Å². The highest BCUT2D eigenvalue weighted by Crippen LogP contribution is 2.32. The van der Waals surface area contributed by atoms with E-state index in [4.69, 9.17) is 0 Å². The lowest BCUT2D eigenvalue weighted by Gasteiger charge is -2.08. The predicted octanol–water partition coefficient (Wildman–Crippen LogP) is 2.71. The summed E-state index contributed by atoms with van der Waals surface area (Å²) in [4.78, 5) is 7.16. The summed E-state index contributed by atoms with van der Waals surface area (Å²) in [5.74, 6) is 0.786. The van der Waals surface area contributed by atoms with Crippen LogP contribution in [0.4, 0.5) is 19.1 Å².